The number of hydrogen-bond donors (Lipinski definition) is 1. The van der Waals surface area contributed by atoms with Gasteiger partial charge in [-0.25, -0.2) is 0 Å². The van der Waals surface area contributed by atoms with E-state index in [0.717, 1.165) is 16.8 Å². The molecule has 0 amide bonds. The van der Waals surface area contributed by atoms with Gasteiger partial charge in [-0.3, -0.25) is 0 Å². The molecule has 2 aliphatic rings. The van der Waals surface area contributed by atoms with Crippen LogP contribution in [0.25, 0.3) is 0 Å². The van der Waals surface area contributed by atoms with E-state index in [-0.39, 0.29) is 6.79 Å². The molecule has 0 radical (unpaired) electrons. The molecule has 3 rings (SSSR count). The van der Waals surface area contributed by atoms with Gasteiger partial charge in [0.15, 0.2) is 11.5 Å². The van der Waals surface area contributed by atoms with Crippen molar-refractivity contribution in [3.05, 3.63) is 17.7 Å². The first-order valence-electron chi connectivity index (χ1n) is 4.07. The van der Waals surface area contributed by atoms with Gasteiger partial charge in [-0.15, -0.1) is 0 Å². The van der Waals surface area contributed by atoms with Gasteiger partial charge in [0.25, 0.3) is 0 Å². The van der Waals surface area contributed by atoms with Crippen LogP contribution in [0.4, 0.5) is 0 Å². The van der Waals surface area contributed by atoms with E-state index in [0.29, 0.717) is 12.4 Å². The van der Waals surface area contributed by atoms with Gasteiger partial charge >= 0.3 is 7.12 Å². The normalized spacial score (nSPS) is 17.8. The number of ether oxygens (including phenoxy) is 2. The van der Waals surface area contributed by atoms with E-state index in [4.69, 9.17) is 14.1 Å². The van der Waals surface area contributed by atoms with Crippen molar-refractivity contribution >= 4 is 12.6 Å². The highest BCUT2D eigenvalue weighted by atomic mass is 16.7. The molecule has 1 aromatic rings. The maximum Gasteiger partial charge on any atom is 0.491 e. The highest BCUT2D eigenvalue weighted by Crippen LogP contribution is 2.33. The summed E-state index contributed by atoms with van der Waals surface area (Å²) in [5.74, 6) is 1.42. The van der Waals surface area contributed by atoms with Crippen LogP contribution in [-0.2, 0) is 11.3 Å². The Hall–Kier alpha value is -1.20. The molecule has 13 heavy (non-hydrogen) atoms. The lowest BCUT2D eigenvalue weighted by atomic mass is 9.79. The van der Waals surface area contributed by atoms with Gasteiger partial charge in [0.1, 0.15) is 0 Å². The molecule has 5 heteroatoms. The molecule has 0 aromatic heterocycles. The Bertz CT molecular complexity index is 365. The Morgan fingerprint density at radius 1 is 1.23 bits per heavy atom. The van der Waals surface area contributed by atoms with E-state index in [1.165, 1.54) is 0 Å². The molecule has 2 aliphatic heterocycles. The Morgan fingerprint density at radius 3 is 2.85 bits per heavy atom. The Labute approximate surface area is 75.2 Å². The van der Waals surface area contributed by atoms with Crippen molar-refractivity contribution in [3.8, 4) is 11.5 Å². The molecule has 4 nitrogen and oxygen atoms in total. The van der Waals surface area contributed by atoms with Crippen LogP contribution in [0.15, 0.2) is 12.1 Å². The molecule has 0 atom stereocenters. The fourth-order valence-corrected chi connectivity index (χ4v) is 1.61. The first-order chi connectivity index (χ1) is 6.34. The zero-order chi connectivity index (χ0) is 8.84. The predicted octanol–water partition coefficient (Wildman–Crippen LogP) is -0.367. The third-order valence-electron chi connectivity index (χ3n) is 2.30. The zero-order valence-corrected chi connectivity index (χ0v) is 6.82. The van der Waals surface area contributed by atoms with Gasteiger partial charge in [0.2, 0.25) is 6.79 Å². The fourth-order valence-electron chi connectivity index (χ4n) is 1.61. The maximum absolute atomic E-state index is 9.39. The largest absolute Gasteiger partial charge is 0.491 e. The van der Waals surface area contributed by atoms with E-state index in [1.807, 2.05) is 6.07 Å². The summed E-state index contributed by atoms with van der Waals surface area (Å²) in [4.78, 5) is 0. The Morgan fingerprint density at radius 2 is 2.00 bits per heavy atom. The second-order valence-corrected chi connectivity index (χ2v) is 3.07. The van der Waals surface area contributed by atoms with Crippen molar-refractivity contribution in [2.24, 2.45) is 0 Å². The highest BCUT2D eigenvalue weighted by Gasteiger charge is 2.30. The summed E-state index contributed by atoms with van der Waals surface area (Å²) < 4.78 is 15.4. The molecular formula is C8H7BO4. The first-order valence-corrected chi connectivity index (χ1v) is 4.07. The summed E-state index contributed by atoms with van der Waals surface area (Å²) in [5, 5.41) is 9.39. The number of hydrogen-bond acceptors (Lipinski definition) is 4. The van der Waals surface area contributed by atoms with Crippen molar-refractivity contribution in [1.82, 2.24) is 0 Å². The van der Waals surface area contributed by atoms with Crippen LogP contribution in [0.3, 0.4) is 0 Å². The number of fused-ring (bicyclic) bond motifs is 2. The molecule has 0 fully saturated rings. The highest BCUT2D eigenvalue weighted by molar-refractivity contribution is 6.61. The minimum Gasteiger partial charge on any atom is -0.454 e. The summed E-state index contributed by atoms with van der Waals surface area (Å²) >= 11 is 0. The molecule has 0 aliphatic carbocycles. The van der Waals surface area contributed by atoms with Gasteiger partial charge in [-0.1, -0.05) is 0 Å². The lowest BCUT2D eigenvalue weighted by Gasteiger charge is -2.00. The smallest absolute Gasteiger partial charge is 0.454 e. The van der Waals surface area contributed by atoms with Crippen LogP contribution in [0.1, 0.15) is 5.56 Å². The first kappa shape index (κ1) is 7.23. The molecule has 1 N–H and O–H groups in total. The van der Waals surface area contributed by atoms with Crippen LogP contribution >= 0.6 is 0 Å². The SMILES string of the molecule is OB1OCc2cc3c(cc21)OCO3. The van der Waals surface area contributed by atoms with Gasteiger partial charge < -0.3 is 19.2 Å². The third kappa shape index (κ3) is 0.943. The molecule has 66 valence electrons. The predicted molar refractivity (Wildman–Crippen MR) is 45.0 cm³/mol. The molecular weight excluding hydrogens is 171 g/mol. The van der Waals surface area contributed by atoms with Crippen LogP contribution in [0, 0.1) is 0 Å². The Balaban J connectivity index is 2.16. The summed E-state index contributed by atoms with van der Waals surface area (Å²) in [6, 6.07) is 3.63. The minimum absolute atomic E-state index is 0.259. The maximum atomic E-state index is 9.39. The standard InChI is InChI=1S/C8H7BO4/c10-9-6-2-8-7(11-4-12-8)1-5(6)3-13-9/h1-2,10H,3-4H2. The third-order valence-corrected chi connectivity index (χ3v) is 2.30. The lowest BCUT2D eigenvalue weighted by molar-refractivity contribution is 0.173. The van der Waals surface area contributed by atoms with E-state index >= 15 is 0 Å². The second-order valence-electron chi connectivity index (χ2n) is 3.07. The van der Waals surface area contributed by atoms with Crippen LogP contribution in [0.5, 0.6) is 11.5 Å². The van der Waals surface area contributed by atoms with E-state index in [2.05, 4.69) is 0 Å². The molecule has 0 saturated heterocycles. The van der Waals surface area contributed by atoms with Crippen molar-refractivity contribution in [2.45, 2.75) is 6.61 Å². The van der Waals surface area contributed by atoms with Gasteiger partial charge in [-0.05, 0) is 23.2 Å². The summed E-state index contributed by atoms with van der Waals surface area (Å²) in [7, 11) is -0.815. The zero-order valence-electron chi connectivity index (χ0n) is 6.82. The van der Waals surface area contributed by atoms with Crippen LogP contribution < -0.4 is 14.9 Å². The topological polar surface area (TPSA) is 47.9 Å². The fraction of sp³-hybridized carbons (Fsp3) is 0.250. The van der Waals surface area contributed by atoms with Crippen molar-refractivity contribution in [3.63, 3.8) is 0 Å². The molecule has 0 bridgehead atoms. The van der Waals surface area contributed by atoms with Crippen LogP contribution in [-0.4, -0.2) is 18.9 Å². The molecule has 0 spiro atoms. The van der Waals surface area contributed by atoms with Crippen molar-refractivity contribution in [2.75, 3.05) is 6.79 Å². The molecule has 1 aromatic carbocycles. The van der Waals surface area contributed by atoms with Crippen LogP contribution in [0.2, 0.25) is 0 Å². The molecule has 0 unspecified atom stereocenters. The molecule has 0 saturated carbocycles. The van der Waals surface area contributed by atoms with E-state index < -0.39 is 7.12 Å². The van der Waals surface area contributed by atoms with Crippen molar-refractivity contribution < 1.29 is 19.2 Å². The van der Waals surface area contributed by atoms with Gasteiger partial charge in [-0.2, -0.15) is 0 Å². The van der Waals surface area contributed by atoms with E-state index in [9.17, 15) is 5.02 Å². The summed E-state index contributed by atoms with van der Waals surface area (Å²) in [6.45, 7) is 0.697. The summed E-state index contributed by atoms with van der Waals surface area (Å²) in [5.41, 5.74) is 1.75. The van der Waals surface area contributed by atoms with Gasteiger partial charge in [0, 0.05) is 0 Å². The average Bonchev–Trinajstić information content (AvgIpc) is 2.70. The quantitative estimate of drug-likeness (QED) is 0.550. The van der Waals surface area contributed by atoms with Gasteiger partial charge in [0.05, 0.1) is 6.61 Å². The minimum atomic E-state index is -0.815. The Kier molecular flexibility index (Phi) is 1.33. The van der Waals surface area contributed by atoms with Crippen molar-refractivity contribution in [1.29, 1.82) is 0 Å². The average molecular weight is 178 g/mol. The van der Waals surface area contributed by atoms with E-state index in [1.54, 1.807) is 6.07 Å². The second kappa shape index (κ2) is 2.40. The lowest BCUT2D eigenvalue weighted by Crippen LogP contribution is -2.27. The molecule has 2 heterocycles. The number of benzene rings is 1. The monoisotopic (exact) mass is 178 g/mol. The number of rotatable bonds is 0. The summed E-state index contributed by atoms with van der Waals surface area (Å²) in [6.07, 6.45) is 0.